The molecule has 1 aliphatic heterocycles. The van der Waals surface area contributed by atoms with Gasteiger partial charge in [0.15, 0.2) is 0 Å². The number of hydrogen-bond acceptors (Lipinski definition) is 2. The maximum atomic E-state index is 12.9. The Hall–Kier alpha value is -2.00. The maximum absolute atomic E-state index is 12.9. The van der Waals surface area contributed by atoms with Crippen molar-refractivity contribution in [3.8, 4) is 0 Å². The highest BCUT2D eigenvalue weighted by Crippen LogP contribution is 2.30. The molecule has 0 aliphatic carbocycles. The predicted molar refractivity (Wildman–Crippen MR) is 86.9 cm³/mol. The second-order valence-electron chi connectivity index (χ2n) is 5.25. The number of rotatable bonds is 1. The van der Waals surface area contributed by atoms with E-state index in [1.165, 1.54) is 5.56 Å². The zero-order valence-corrected chi connectivity index (χ0v) is 12.4. The minimum absolute atomic E-state index is 0.0818. The summed E-state index contributed by atoms with van der Waals surface area (Å²) in [5.74, 6) is -0.0818. The summed E-state index contributed by atoms with van der Waals surface area (Å²) in [6, 6.07) is 13.3. The summed E-state index contributed by atoms with van der Waals surface area (Å²) in [6.45, 7) is 0.709. The Balaban J connectivity index is 2.03. The normalized spacial score (nSPS) is 14.4. The summed E-state index contributed by atoms with van der Waals surface area (Å²) >= 11 is 6.20. The Bertz CT molecular complexity index is 684. The zero-order chi connectivity index (χ0) is 14.8. The lowest BCUT2D eigenvalue weighted by molar-refractivity contribution is 0.0987. The zero-order valence-electron chi connectivity index (χ0n) is 11.7. The van der Waals surface area contributed by atoms with Crippen LogP contribution in [0.1, 0.15) is 28.8 Å². The molecule has 2 aromatic carbocycles. The van der Waals surface area contributed by atoms with Crippen LogP contribution in [0.4, 0.5) is 11.4 Å². The first-order chi connectivity index (χ1) is 10.2. The molecule has 2 aromatic rings. The number of nitrogens with zero attached hydrogens (tertiary/aromatic N) is 1. The third-order valence-corrected chi connectivity index (χ3v) is 4.29. The van der Waals surface area contributed by atoms with Gasteiger partial charge in [-0.25, -0.2) is 0 Å². The van der Waals surface area contributed by atoms with Crippen molar-refractivity contribution in [2.24, 2.45) is 0 Å². The van der Waals surface area contributed by atoms with Crippen LogP contribution in [0.15, 0.2) is 42.5 Å². The highest BCUT2D eigenvalue weighted by molar-refractivity contribution is 6.36. The van der Waals surface area contributed by atoms with Crippen molar-refractivity contribution in [2.75, 3.05) is 17.2 Å². The molecule has 3 nitrogen and oxygen atoms in total. The van der Waals surface area contributed by atoms with Crippen molar-refractivity contribution in [3.63, 3.8) is 0 Å². The standard InChI is InChI=1S/C17H17ClN2O/c18-16-13(8-5-9-14(16)19)17(21)20-11-4-3-7-12-6-1-2-10-15(12)20/h1-2,5-6,8-10H,3-4,7,11,19H2. The molecule has 0 saturated heterocycles. The molecule has 3 rings (SSSR count). The van der Waals surface area contributed by atoms with Gasteiger partial charge in [0, 0.05) is 12.2 Å². The lowest BCUT2D eigenvalue weighted by Gasteiger charge is -2.23. The fourth-order valence-corrected chi connectivity index (χ4v) is 2.97. The molecule has 0 bridgehead atoms. The monoisotopic (exact) mass is 300 g/mol. The van der Waals surface area contributed by atoms with Gasteiger partial charge in [-0.3, -0.25) is 4.79 Å². The van der Waals surface area contributed by atoms with Gasteiger partial charge in [-0.1, -0.05) is 35.9 Å². The molecule has 108 valence electrons. The van der Waals surface area contributed by atoms with Gasteiger partial charge in [-0.15, -0.1) is 0 Å². The lowest BCUT2D eigenvalue weighted by Crippen LogP contribution is -2.32. The van der Waals surface area contributed by atoms with Gasteiger partial charge in [0.2, 0.25) is 0 Å². The average Bonchev–Trinajstić information content (AvgIpc) is 2.72. The summed E-state index contributed by atoms with van der Waals surface area (Å²) in [7, 11) is 0. The molecule has 0 aromatic heterocycles. The van der Waals surface area contributed by atoms with Gasteiger partial charge in [-0.05, 0) is 43.0 Å². The van der Waals surface area contributed by atoms with Gasteiger partial charge in [-0.2, -0.15) is 0 Å². The Labute approximate surface area is 129 Å². The summed E-state index contributed by atoms with van der Waals surface area (Å²) in [6.07, 6.45) is 3.08. The third-order valence-electron chi connectivity index (χ3n) is 3.86. The smallest absolute Gasteiger partial charge is 0.259 e. The topological polar surface area (TPSA) is 46.3 Å². The molecule has 0 atom stereocenters. The highest BCUT2D eigenvalue weighted by Gasteiger charge is 2.24. The van der Waals surface area contributed by atoms with Crippen molar-refractivity contribution >= 4 is 28.9 Å². The summed E-state index contributed by atoms with van der Waals surface area (Å²) in [4.78, 5) is 14.7. The van der Waals surface area contributed by atoms with Crippen molar-refractivity contribution in [2.45, 2.75) is 19.3 Å². The van der Waals surface area contributed by atoms with E-state index in [0.29, 0.717) is 22.8 Å². The summed E-state index contributed by atoms with van der Waals surface area (Å²) in [5.41, 5.74) is 8.91. The van der Waals surface area contributed by atoms with Crippen LogP contribution in [0.25, 0.3) is 0 Å². The Kier molecular flexibility index (Phi) is 3.84. The van der Waals surface area contributed by atoms with Crippen molar-refractivity contribution < 1.29 is 4.79 Å². The molecule has 0 radical (unpaired) electrons. The number of carbonyl (C=O) groups is 1. The average molecular weight is 301 g/mol. The van der Waals surface area contributed by atoms with Gasteiger partial charge in [0.25, 0.3) is 5.91 Å². The predicted octanol–water partition coefficient (Wildman–Crippen LogP) is 3.91. The van der Waals surface area contributed by atoms with Crippen LogP contribution in [0.3, 0.4) is 0 Å². The van der Waals surface area contributed by atoms with Crippen LogP contribution >= 0.6 is 11.6 Å². The fourth-order valence-electron chi connectivity index (χ4n) is 2.76. The molecule has 0 spiro atoms. The minimum Gasteiger partial charge on any atom is -0.398 e. The maximum Gasteiger partial charge on any atom is 0.259 e. The number of amides is 1. The number of para-hydroxylation sites is 1. The molecule has 1 amide bonds. The lowest BCUT2D eigenvalue weighted by atomic mass is 10.1. The van der Waals surface area contributed by atoms with Gasteiger partial charge in [0.1, 0.15) is 0 Å². The van der Waals surface area contributed by atoms with E-state index in [1.807, 2.05) is 23.1 Å². The summed E-state index contributed by atoms with van der Waals surface area (Å²) in [5, 5.41) is 0.337. The minimum atomic E-state index is -0.0818. The number of fused-ring (bicyclic) bond motifs is 1. The van der Waals surface area contributed by atoms with Crippen LogP contribution in [0.5, 0.6) is 0 Å². The van der Waals surface area contributed by atoms with E-state index in [0.717, 1.165) is 24.9 Å². The van der Waals surface area contributed by atoms with Crippen molar-refractivity contribution in [1.82, 2.24) is 0 Å². The first kappa shape index (κ1) is 14.0. The van der Waals surface area contributed by atoms with Crippen molar-refractivity contribution in [3.05, 3.63) is 58.6 Å². The second kappa shape index (κ2) is 5.78. The molecule has 0 saturated carbocycles. The van der Waals surface area contributed by atoms with Crippen LogP contribution in [-0.2, 0) is 6.42 Å². The quantitative estimate of drug-likeness (QED) is 0.812. The molecule has 21 heavy (non-hydrogen) atoms. The number of carbonyl (C=O) groups excluding carboxylic acids is 1. The highest BCUT2D eigenvalue weighted by atomic mass is 35.5. The van der Waals surface area contributed by atoms with E-state index in [4.69, 9.17) is 17.3 Å². The van der Waals surface area contributed by atoms with Gasteiger partial charge in [0.05, 0.1) is 16.3 Å². The first-order valence-electron chi connectivity index (χ1n) is 7.12. The summed E-state index contributed by atoms with van der Waals surface area (Å²) < 4.78 is 0. The Morgan fingerprint density at radius 1 is 1.10 bits per heavy atom. The van der Waals surface area contributed by atoms with E-state index >= 15 is 0 Å². The second-order valence-corrected chi connectivity index (χ2v) is 5.63. The van der Waals surface area contributed by atoms with E-state index in [2.05, 4.69) is 6.07 Å². The number of anilines is 2. The molecular formula is C17H17ClN2O. The number of aryl methyl sites for hydroxylation is 1. The third kappa shape index (κ3) is 2.61. The largest absolute Gasteiger partial charge is 0.398 e. The number of nitrogens with two attached hydrogens (primary N) is 1. The molecule has 1 aliphatic rings. The Morgan fingerprint density at radius 3 is 2.76 bits per heavy atom. The SMILES string of the molecule is Nc1cccc(C(=O)N2CCCCc3ccccc32)c1Cl. The fraction of sp³-hybridized carbons (Fsp3) is 0.235. The Morgan fingerprint density at radius 2 is 1.90 bits per heavy atom. The molecule has 0 unspecified atom stereocenters. The number of hydrogen-bond donors (Lipinski definition) is 1. The number of halogens is 1. The number of benzene rings is 2. The first-order valence-corrected chi connectivity index (χ1v) is 7.50. The van der Waals surface area contributed by atoms with E-state index < -0.39 is 0 Å². The van der Waals surface area contributed by atoms with E-state index in [9.17, 15) is 4.79 Å². The van der Waals surface area contributed by atoms with Gasteiger partial charge < -0.3 is 10.6 Å². The molecular weight excluding hydrogens is 284 g/mol. The van der Waals surface area contributed by atoms with Crippen LogP contribution in [0.2, 0.25) is 5.02 Å². The molecule has 2 N–H and O–H groups in total. The molecule has 4 heteroatoms. The van der Waals surface area contributed by atoms with Crippen LogP contribution in [-0.4, -0.2) is 12.5 Å². The van der Waals surface area contributed by atoms with E-state index in [-0.39, 0.29) is 5.91 Å². The molecule has 0 fully saturated rings. The van der Waals surface area contributed by atoms with E-state index in [1.54, 1.807) is 18.2 Å². The van der Waals surface area contributed by atoms with Crippen LogP contribution in [0, 0.1) is 0 Å². The van der Waals surface area contributed by atoms with Crippen molar-refractivity contribution in [1.29, 1.82) is 0 Å². The number of nitrogen functional groups attached to an aromatic ring is 1. The van der Waals surface area contributed by atoms with Gasteiger partial charge >= 0.3 is 0 Å². The molecule has 1 heterocycles. The van der Waals surface area contributed by atoms with Crippen LogP contribution < -0.4 is 10.6 Å².